The number of rotatable bonds is 7. The zero-order chi connectivity index (χ0) is 16.8. The van der Waals surface area contributed by atoms with Crippen LogP contribution in [0, 0.1) is 0 Å². The van der Waals surface area contributed by atoms with Crippen molar-refractivity contribution >= 4 is 5.96 Å². The van der Waals surface area contributed by atoms with E-state index in [0.717, 1.165) is 44.5 Å². The average Bonchev–Trinajstić information content (AvgIpc) is 3.22. The maximum Gasteiger partial charge on any atom is 0.191 e. The van der Waals surface area contributed by atoms with Gasteiger partial charge in [0.05, 0.1) is 18.2 Å². The highest BCUT2D eigenvalue weighted by molar-refractivity contribution is 5.80. The summed E-state index contributed by atoms with van der Waals surface area (Å²) >= 11 is 0. The van der Waals surface area contributed by atoms with Crippen molar-refractivity contribution in [2.75, 3.05) is 26.7 Å². The Balaban J connectivity index is 1.38. The number of guanidine groups is 1. The van der Waals surface area contributed by atoms with Gasteiger partial charge in [-0.15, -0.1) is 0 Å². The second-order valence-corrected chi connectivity index (χ2v) is 7.75. The van der Waals surface area contributed by atoms with Crippen LogP contribution < -0.4 is 10.6 Å². The van der Waals surface area contributed by atoms with E-state index in [9.17, 15) is 0 Å². The molecule has 1 aliphatic carbocycles. The minimum Gasteiger partial charge on any atom is -0.373 e. The van der Waals surface area contributed by atoms with Crippen LogP contribution in [0.4, 0.5) is 0 Å². The highest BCUT2D eigenvalue weighted by atomic mass is 16.5. The number of fused-ring (bicyclic) bond motifs is 2. The molecule has 3 atom stereocenters. The predicted molar refractivity (Wildman–Crippen MR) is 99.5 cm³/mol. The van der Waals surface area contributed by atoms with Crippen molar-refractivity contribution in [2.45, 2.75) is 89.0 Å². The van der Waals surface area contributed by atoms with Gasteiger partial charge >= 0.3 is 0 Å². The van der Waals surface area contributed by atoms with E-state index in [2.05, 4.69) is 29.5 Å². The Labute approximate surface area is 147 Å². The minimum atomic E-state index is 0.399. The van der Waals surface area contributed by atoms with Gasteiger partial charge in [-0.2, -0.15) is 0 Å². The molecule has 0 amide bonds. The van der Waals surface area contributed by atoms with Crippen LogP contribution >= 0.6 is 0 Å². The van der Waals surface area contributed by atoms with Gasteiger partial charge in [0.1, 0.15) is 0 Å². The molecule has 0 aromatic rings. The Morgan fingerprint density at radius 1 is 1.17 bits per heavy atom. The summed E-state index contributed by atoms with van der Waals surface area (Å²) in [7, 11) is 2.29. The van der Waals surface area contributed by atoms with Gasteiger partial charge in [0, 0.05) is 19.1 Å². The van der Waals surface area contributed by atoms with Gasteiger partial charge in [0.15, 0.2) is 5.96 Å². The van der Waals surface area contributed by atoms with Crippen molar-refractivity contribution in [3.05, 3.63) is 0 Å². The highest BCUT2D eigenvalue weighted by Gasteiger charge is 2.41. The molecule has 3 rings (SSSR count). The van der Waals surface area contributed by atoms with Crippen molar-refractivity contribution in [1.29, 1.82) is 0 Å². The van der Waals surface area contributed by atoms with Crippen LogP contribution in [0.1, 0.15) is 64.7 Å². The van der Waals surface area contributed by atoms with E-state index in [1.807, 2.05) is 0 Å². The number of ether oxygens (including phenoxy) is 1. The molecule has 0 aromatic carbocycles. The fourth-order valence-corrected chi connectivity index (χ4v) is 4.50. The summed E-state index contributed by atoms with van der Waals surface area (Å²) < 4.78 is 5.94. The maximum absolute atomic E-state index is 5.94. The molecular weight excluding hydrogens is 300 g/mol. The molecule has 3 unspecified atom stereocenters. The fourth-order valence-electron chi connectivity index (χ4n) is 4.50. The smallest absolute Gasteiger partial charge is 0.191 e. The number of nitrogens with one attached hydrogen (secondary N) is 2. The Morgan fingerprint density at radius 2 is 2.00 bits per heavy atom. The molecule has 2 bridgehead atoms. The first-order valence-electron chi connectivity index (χ1n) is 10.2. The molecule has 5 nitrogen and oxygen atoms in total. The SMILES string of the molecule is CCNC(=NCCCN(C)C1CCCCC1)NC1CC2CCC1O2. The first-order valence-corrected chi connectivity index (χ1v) is 10.2. The van der Waals surface area contributed by atoms with Gasteiger partial charge in [-0.25, -0.2) is 0 Å². The molecule has 2 aliphatic heterocycles. The lowest BCUT2D eigenvalue weighted by molar-refractivity contribution is 0.0992. The second-order valence-electron chi connectivity index (χ2n) is 7.75. The van der Waals surface area contributed by atoms with Gasteiger partial charge in [-0.05, 0) is 59.0 Å². The summed E-state index contributed by atoms with van der Waals surface area (Å²) in [6.07, 6.45) is 12.6. The third-order valence-electron chi connectivity index (χ3n) is 5.91. The molecular formula is C19H36N4O. The van der Waals surface area contributed by atoms with Crippen LogP contribution in [0.3, 0.4) is 0 Å². The monoisotopic (exact) mass is 336 g/mol. The molecule has 0 radical (unpaired) electrons. The average molecular weight is 337 g/mol. The summed E-state index contributed by atoms with van der Waals surface area (Å²) in [6, 6.07) is 1.26. The molecule has 24 heavy (non-hydrogen) atoms. The molecule has 2 heterocycles. The van der Waals surface area contributed by atoms with Crippen molar-refractivity contribution < 1.29 is 4.74 Å². The van der Waals surface area contributed by atoms with Crippen molar-refractivity contribution in [1.82, 2.24) is 15.5 Å². The molecule has 3 fully saturated rings. The van der Waals surface area contributed by atoms with Crippen molar-refractivity contribution in [3.63, 3.8) is 0 Å². The lowest BCUT2D eigenvalue weighted by atomic mass is 9.94. The van der Waals surface area contributed by atoms with E-state index >= 15 is 0 Å². The summed E-state index contributed by atoms with van der Waals surface area (Å²) in [4.78, 5) is 7.34. The molecule has 0 aromatic heterocycles. The number of aliphatic imine (C=N–C) groups is 1. The Kier molecular flexibility index (Phi) is 6.78. The molecule has 138 valence electrons. The van der Waals surface area contributed by atoms with Gasteiger partial charge in [0.25, 0.3) is 0 Å². The summed E-state index contributed by atoms with van der Waals surface area (Å²) in [6.45, 7) is 5.10. The quantitative estimate of drug-likeness (QED) is 0.426. The normalized spacial score (nSPS) is 31.0. The van der Waals surface area contributed by atoms with Gasteiger partial charge in [0.2, 0.25) is 0 Å². The molecule has 1 saturated carbocycles. The van der Waals surface area contributed by atoms with E-state index in [-0.39, 0.29) is 0 Å². The Morgan fingerprint density at radius 3 is 2.67 bits per heavy atom. The number of hydrogen-bond donors (Lipinski definition) is 2. The first-order chi connectivity index (χ1) is 11.8. The topological polar surface area (TPSA) is 48.9 Å². The Hall–Kier alpha value is -0.810. The van der Waals surface area contributed by atoms with Crippen LogP contribution in [0.15, 0.2) is 4.99 Å². The van der Waals surface area contributed by atoms with E-state index < -0.39 is 0 Å². The zero-order valence-corrected chi connectivity index (χ0v) is 15.6. The minimum absolute atomic E-state index is 0.399. The van der Waals surface area contributed by atoms with Gasteiger partial charge in [-0.3, -0.25) is 4.99 Å². The van der Waals surface area contributed by atoms with Crippen LogP contribution in [0.5, 0.6) is 0 Å². The molecule has 5 heteroatoms. The number of nitrogens with zero attached hydrogens (tertiary/aromatic N) is 2. The summed E-state index contributed by atoms with van der Waals surface area (Å²) in [5, 5.41) is 6.99. The Bertz CT molecular complexity index is 408. The second kappa shape index (κ2) is 9.04. The van der Waals surface area contributed by atoms with E-state index in [1.165, 1.54) is 44.9 Å². The lowest BCUT2D eigenvalue weighted by Gasteiger charge is -2.31. The third kappa shape index (κ3) is 4.85. The van der Waals surface area contributed by atoms with E-state index in [0.29, 0.717) is 18.2 Å². The molecule has 2 N–H and O–H groups in total. The highest BCUT2D eigenvalue weighted by Crippen LogP contribution is 2.34. The van der Waals surface area contributed by atoms with E-state index in [4.69, 9.17) is 9.73 Å². The first kappa shape index (κ1) is 18.0. The van der Waals surface area contributed by atoms with Crippen LogP contribution in [-0.4, -0.2) is 61.8 Å². The standard InChI is InChI=1S/C19H36N4O/c1-3-20-19(22-17-14-16-10-11-18(17)24-16)21-12-7-13-23(2)15-8-5-4-6-9-15/h15-18H,3-14H2,1-2H3,(H2,20,21,22). The van der Waals surface area contributed by atoms with Crippen molar-refractivity contribution in [3.8, 4) is 0 Å². The van der Waals surface area contributed by atoms with Crippen molar-refractivity contribution in [2.24, 2.45) is 4.99 Å². The predicted octanol–water partition coefficient (Wildman–Crippen LogP) is 2.52. The maximum atomic E-state index is 5.94. The fraction of sp³-hybridized carbons (Fsp3) is 0.947. The van der Waals surface area contributed by atoms with Crippen LogP contribution in [-0.2, 0) is 4.74 Å². The van der Waals surface area contributed by atoms with Crippen LogP contribution in [0.2, 0.25) is 0 Å². The van der Waals surface area contributed by atoms with Crippen LogP contribution in [0.25, 0.3) is 0 Å². The number of hydrogen-bond acceptors (Lipinski definition) is 3. The summed E-state index contributed by atoms with van der Waals surface area (Å²) in [5.41, 5.74) is 0. The largest absolute Gasteiger partial charge is 0.373 e. The zero-order valence-electron chi connectivity index (χ0n) is 15.6. The van der Waals surface area contributed by atoms with Gasteiger partial charge in [-0.1, -0.05) is 19.3 Å². The molecule has 3 aliphatic rings. The van der Waals surface area contributed by atoms with Gasteiger partial charge < -0.3 is 20.3 Å². The lowest BCUT2D eigenvalue weighted by Crippen LogP contribution is -2.47. The third-order valence-corrected chi connectivity index (χ3v) is 5.91. The molecule has 0 spiro atoms. The van der Waals surface area contributed by atoms with E-state index in [1.54, 1.807) is 0 Å². The molecule has 2 saturated heterocycles. The summed E-state index contributed by atoms with van der Waals surface area (Å²) in [5.74, 6) is 0.971.